The van der Waals surface area contributed by atoms with Gasteiger partial charge in [-0.3, -0.25) is 9.78 Å². The number of benzene rings is 1. The molecular weight excluding hydrogens is 373 g/mol. The van der Waals surface area contributed by atoms with E-state index in [1.54, 1.807) is 31.3 Å². The van der Waals surface area contributed by atoms with Crippen molar-refractivity contribution in [2.75, 3.05) is 13.2 Å². The fourth-order valence-electron chi connectivity index (χ4n) is 3.72. The number of carbonyl (C=O) groups is 1. The van der Waals surface area contributed by atoms with Gasteiger partial charge in [-0.2, -0.15) is 0 Å². The molecule has 0 saturated heterocycles. The standard InChI is InChI=1S/C22H22FN3O3/c1-13-3-6-18(25-11-13)19(27)10-14-4-5-17(23)15(9-14)22(2)16-12-28-8-7-20(16)29-21(24)26-22/h3-6,9,11H,7-8,10,12H2,1-2H3,(H2,24,26)/t22-/m1/s1. The Labute approximate surface area is 168 Å². The summed E-state index contributed by atoms with van der Waals surface area (Å²) in [7, 11) is 0. The first-order chi connectivity index (χ1) is 13.9. The van der Waals surface area contributed by atoms with E-state index in [-0.39, 0.29) is 18.2 Å². The van der Waals surface area contributed by atoms with Gasteiger partial charge in [0.1, 0.15) is 22.8 Å². The third-order valence-electron chi connectivity index (χ3n) is 5.32. The van der Waals surface area contributed by atoms with Crippen LogP contribution in [0.4, 0.5) is 4.39 Å². The number of hydrogen-bond donors (Lipinski definition) is 1. The molecule has 2 aromatic rings. The number of carbonyl (C=O) groups excluding carboxylic acids is 1. The van der Waals surface area contributed by atoms with Crippen molar-refractivity contribution < 1.29 is 18.7 Å². The van der Waals surface area contributed by atoms with E-state index in [9.17, 15) is 9.18 Å². The Balaban J connectivity index is 1.69. The van der Waals surface area contributed by atoms with Gasteiger partial charge in [-0.05, 0) is 43.2 Å². The molecule has 2 N–H and O–H groups in total. The number of nitrogens with two attached hydrogens (primary N) is 1. The van der Waals surface area contributed by atoms with E-state index in [0.717, 1.165) is 11.1 Å². The van der Waals surface area contributed by atoms with E-state index < -0.39 is 11.4 Å². The lowest BCUT2D eigenvalue weighted by molar-refractivity contribution is 0.0987. The summed E-state index contributed by atoms with van der Waals surface area (Å²) < 4.78 is 26.0. The number of nitrogens with zero attached hydrogens (tertiary/aromatic N) is 2. The van der Waals surface area contributed by atoms with Crippen molar-refractivity contribution in [3.63, 3.8) is 0 Å². The molecule has 0 radical (unpaired) electrons. The zero-order valence-corrected chi connectivity index (χ0v) is 16.4. The van der Waals surface area contributed by atoms with Gasteiger partial charge in [0.05, 0.1) is 13.2 Å². The number of aryl methyl sites for hydroxylation is 1. The Bertz CT molecular complexity index is 1030. The summed E-state index contributed by atoms with van der Waals surface area (Å²) in [5, 5.41) is 0. The van der Waals surface area contributed by atoms with Crippen molar-refractivity contribution in [3.8, 4) is 0 Å². The van der Waals surface area contributed by atoms with Crippen LogP contribution >= 0.6 is 0 Å². The first-order valence-corrected chi connectivity index (χ1v) is 9.45. The van der Waals surface area contributed by atoms with E-state index in [4.69, 9.17) is 15.2 Å². The van der Waals surface area contributed by atoms with E-state index in [2.05, 4.69) is 9.98 Å². The summed E-state index contributed by atoms with van der Waals surface area (Å²) in [6.45, 7) is 4.51. The van der Waals surface area contributed by atoms with E-state index in [0.29, 0.717) is 42.2 Å². The third kappa shape index (κ3) is 3.65. The predicted molar refractivity (Wildman–Crippen MR) is 106 cm³/mol. The van der Waals surface area contributed by atoms with Crippen LogP contribution in [0.5, 0.6) is 0 Å². The van der Waals surface area contributed by atoms with Crippen molar-refractivity contribution in [2.24, 2.45) is 10.7 Å². The van der Waals surface area contributed by atoms with Crippen LogP contribution in [0.25, 0.3) is 0 Å². The molecule has 0 spiro atoms. The second-order valence-corrected chi connectivity index (χ2v) is 7.46. The van der Waals surface area contributed by atoms with Gasteiger partial charge in [-0.25, -0.2) is 9.38 Å². The molecule has 2 aliphatic rings. The smallest absolute Gasteiger partial charge is 0.288 e. The molecule has 6 nitrogen and oxygen atoms in total. The summed E-state index contributed by atoms with van der Waals surface area (Å²) in [6, 6.07) is 8.17. The molecule has 1 atom stereocenters. The fraction of sp³-hybridized carbons (Fsp3) is 0.318. The number of ether oxygens (including phenoxy) is 2. The lowest BCUT2D eigenvalue weighted by atomic mass is 9.81. The topological polar surface area (TPSA) is 86.8 Å². The maximum Gasteiger partial charge on any atom is 0.288 e. The van der Waals surface area contributed by atoms with Crippen LogP contribution in [0.3, 0.4) is 0 Å². The molecule has 7 heteroatoms. The first-order valence-electron chi connectivity index (χ1n) is 9.45. The summed E-state index contributed by atoms with van der Waals surface area (Å²) in [6.07, 6.45) is 2.32. The number of pyridine rings is 1. The Morgan fingerprint density at radius 3 is 2.90 bits per heavy atom. The highest BCUT2D eigenvalue weighted by Gasteiger charge is 2.41. The highest BCUT2D eigenvalue weighted by molar-refractivity contribution is 5.95. The molecule has 0 aliphatic carbocycles. The molecular formula is C22H22FN3O3. The van der Waals surface area contributed by atoms with Crippen LogP contribution in [-0.4, -0.2) is 30.0 Å². The number of amidine groups is 1. The zero-order chi connectivity index (χ0) is 20.6. The summed E-state index contributed by atoms with van der Waals surface area (Å²) in [5.74, 6) is 0.118. The monoisotopic (exact) mass is 395 g/mol. The van der Waals surface area contributed by atoms with Crippen molar-refractivity contribution in [3.05, 3.63) is 76.1 Å². The summed E-state index contributed by atoms with van der Waals surface area (Å²) in [5.41, 5.74) is 7.95. The van der Waals surface area contributed by atoms with Gasteiger partial charge in [0.15, 0.2) is 5.78 Å². The van der Waals surface area contributed by atoms with Crippen molar-refractivity contribution in [1.82, 2.24) is 4.98 Å². The molecule has 1 aromatic heterocycles. The number of Topliss-reactive ketones (excluding diaryl/α,β-unsaturated/α-hetero) is 1. The Morgan fingerprint density at radius 1 is 1.31 bits per heavy atom. The minimum atomic E-state index is -1.05. The molecule has 3 heterocycles. The fourth-order valence-corrected chi connectivity index (χ4v) is 3.72. The Kier molecular flexibility index (Phi) is 4.92. The van der Waals surface area contributed by atoms with Crippen molar-refractivity contribution in [2.45, 2.75) is 32.2 Å². The molecule has 2 aliphatic heterocycles. The number of rotatable bonds is 4. The van der Waals surface area contributed by atoms with Crippen LogP contribution in [0, 0.1) is 12.7 Å². The average Bonchev–Trinajstić information content (AvgIpc) is 2.69. The van der Waals surface area contributed by atoms with Crippen LogP contribution < -0.4 is 5.73 Å². The molecule has 4 rings (SSSR count). The Morgan fingerprint density at radius 2 is 2.14 bits per heavy atom. The highest BCUT2D eigenvalue weighted by atomic mass is 19.1. The van der Waals surface area contributed by atoms with Crippen molar-refractivity contribution >= 4 is 11.8 Å². The largest absolute Gasteiger partial charge is 0.431 e. The number of halogens is 1. The molecule has 150 valence electrons. The summed E-state index contributed by atoms with van der Waals surface area (Å²) in [4.78, 5) is 21.2. The number of aliphatic imine (C=N–C) groups is 1. The van der Waals surface area contributed by atoms with Gasteiger partial charge >= 0.3 is 0 Å². The maximum atomic E-state index is 14.9. The zero-order valence-electron chi connectivity index (χ0n) is 16.4. The second-order valence-electron chi connectivity index (χ2n) is 7.46. The average molecular weight is 395 g/mol. The molecule has 0 unspecified atom stereocenters. The maximum absolute atomic E-state index is 14.9. The van der Waals surface area contributed by atoms with Gasteiger partial charge in [0.2, 0.25) is 0 Å². The number of hydrogen-bond acceptors (Lipinski definition) is 6. The highest BCUT2D eigenvalue weighted by Crippen LogP contribution is 2.42. The molecule has 0 amide bonds. The molecule has 1 aromatic carbocycles. The molecule has 0 bridgehead atoms. The van der Waals surface area contributed by atoms with Crippen LogP contribution in [0.15, 0.2) is 52.9 Å². The quantitative estimate of drug-likeness (QED) is 0.804. The predicted octanol–water partition coefficient (Wildman–Crippen LogP) is 3.19. The van der Waals surface area contributed by atoms with E-state index >= 15 is 0 Å². The summed E-state index contributed by atoms with van der Waals surface area (Å²) >= 11 is 0. The lowest BCUT2D eigenvalue weighted by Crippen LogP contribution is -2.38. The van der Waals surface area contributed by atoms with Crippen LogP contribution in [0.1, 0.15) is 40.5 Å². The second kappa shape index (κ2) is 7.40. The molecule has 29 heavy (non-hydrogen) atoms. The number of aromatic nitrogens is 1. The van der Waals surface area contributed by atoms with Gasteiger partial charge in [0, 0.05) is 30.2 Å². The van der Waals surface area contributed by atoms with Gasteiger partial charge in [0.25, 0.3) is 6.02 Å². The van der Waals surface area contributed by atoms with E-state index in [1.807, 2.05) is 13.0 Å². The minimum Gasteiger partial charge on any atom is -0.431 e. The molecule has 0 saturated carbocycles. The van der Waals surface area contributed by atoms with Crippen LogP contribution in [0.2, 0.25) is 0 Å². The Hall–Kier alpha value is -3.06. The van der Waals surface area contributed by atoms with Gasteiger partial charge in [-0.15, -0.1) is 0 Å². The molecule has 0 fully saturated rings. The van der Waals surface area contributed by atoms with Gasteiger partial charge < -0.3 is 15.2 Å². The SMILES string of the molecule is Cc1ccc(C(=O)Cc2ccc(F)c([C@@]3(C)N=C(N)OC4=C3COCC4)c2)nc1. The first kappa shape index (κ1) is 19.3. The van der Waals surface area contributed by atoms with Gasteiger partial charge in [-0.1, -0.05) is 12.1 Å². The third-order valence-corrected chi connectivity index (χ3v) is 5.32. The number of ketones is 1. The van der Waals surface area contributed by atoms with E-state index in [1.165, 1.54) is 6.07 Å². The minimum absolute atomic E-state index is 0.00196. The van der Waals surface area contributed by atoms with Crippen molar-refractivity contribution in [1.29, 1.82) is 0 Å². The van der Waals surface area contributed by atoms with Crippen LogP contribution in [-0.2, 0) is 21.4 Å². The normalized spacial score (nSPS) is 21.3. The lowest BCUT2D eigenvalue weighted by Gasteiger charge is -2.36.